The van der Waals surface area contributed by atoms with E-state index in [2.05, 4.69) is 10.1 Å². The summed E-state index contributed by atoms with van der Waals surface area (Å²) in [6.45, 7) is 6.19. The molecule has 0 bridgehead atoms. The van der Waals surface area contributed by atoms with Crippen LogP contribution in [0, 0.1) is 18.8 Å². The van der Waals surface area contributed by atoms with Gasteiger partial charge in [0.15, 0.2) is 5.82 Å². The highest BCUT2D eigenvalue weighted by molar-refractivity contribution is 6.48. The van der Waals surface area contributed by atoms with Crippen molar-refractivity contribution >= 4 is 23.2 Å². The second kappa shape index (κ2) is 10.8. The Labute approximate surface area is 209 Å². The van der Waals surface area contributed by atoms with Gasteiger partial charge in [0.2, 0.25) is 5.78 Å². The maximum absolute atomic E-state index is 13.3. The van der Waals surface area contributed by atoms with Gasteiger partial charge in [-0.25, -0.2) is 0 Å². The number of rotatable bonds is 10. The van der Waals surface area contributed by atoms with Gasteiger partial charge in [0.1, 0.15) is 24.1 Å². The smallest absolute Gasteiger partial charge is 0.295 e. The highest BCUT2D eigenvalue weighted by atomic mass is 16.5. The molecule has 2 unspecified atom stereocenters. The van der Waals surface area contributed by atoms with Crippen LogP contribution in [0.3, 0.4) is 0 Å². The van der Waals surface area contributed by atoms with Crippen molar-refractivity contribution in [3.8, 4) is 17.2 Å². The molecule has 1 aliphatic heterocycles. The minimum Gasteiger partial charge on any atom is -0.491 e. The fraction of sp³-hybridized carbons (Fsp3) is 0.370. The Morgan fingerprint density at radius 1 is 1.08 bits per heavy atom. The van der Waals surface area contributed by atoms with Crippen LogP contribution in [0.2, 0.25) is 0 Å². The van der Waals surface area contributed by atoms with Gasteiger partial charge in [0.25, 0.3) is 11.8 Å². The number of amides is 1. The summed E-state index contributed by atoms with van der Waals surface area (Å²) in [6.07, 6.45) is 0.191. The van der Waals surface area contributed by atoms with Crippen molar-refractivity contribution in [3.63, 3.8) is 0 Å². The van der Waals surface area contributed by atoms with Crippen LogP contribution in [0.5, 0.6) is 5.75 Å². The predicted octanol–water partition coefficient (Wildman–Crippen LogP) is 3.96. The number of ether oxygens (including phenoxy) is 2. The first-order valence-corrected chi connectivity index (χ1v) is 11.8. The zero-order chi connectivity index (χ0) is 25.8. The Bertz CT molecular complexity index is 1250. The van der Waals surface area contributed by atoms with E-state index >= 15 is 0 Å². The lowest BCUT2D eigenvalue weighted by molar-refractivity contribution is -0.139. The molecule has 0 aliphatic carbocycles. The maximum atomic E-state index is 13.3. The van der Waals surface area contributed by atoms with Gasteiger partial charge >= 0.3 is 0 Å². The van der Waals surface area contributed by atoms with E-state index in [9.17, 15) is 14.4 Å². The zero-order valence-corrected chi connectivity index (χ0v) is 20.8. The molecule has 2 heterocycles. The minimum atomic E-state index is -1.13. The number of hydrogen-bond acceptors (Lipinski definition) is 8. The van der Waals surface area contributed by atoms with E-state index < -0.39 is 23.7 Å². The van der Waals surface area contributed by atoms with Crippen molar-refractivity contribution in [3.05, 3.63) is 59.9 Å². The van der Waals surface area contributed by atoms with E-state index in [0.29, 0.717) is 40.9 Å². The lowest BCUT2D eigenvalue weighted by Crippen LogP contribution is -2.31. The first-order chi connectivity index (χ1) is 17.3. The summed E-state index contributed by atoms with van der Waals surface area (Å²) in [4.78, 5) is 45.5. The van der Waals surface area contributed by atoms with Crippen molar-refractivity contribution in [1.82, 2.24) is 10.1 Å². The van der Waals surface area contributed by atoms with Crippen LogP contribution in [0.1, 0.15) is 37.7 Å². The van der Waals surface area contributed by atoms with Gasteiger partial charge < -0.3 is 14.0 Å². The summed E-state index contributed by atoms with van der Waals surface area (Å²) >= 11 is 0. The largest absolute Gasteiger partial charge is 0.491 e. The zero-order valence-electron chi connectivity index (χ0n) is 20.8. The number of aryl methyl sites for hydroxylation is 1. The number of anilines is 1. The summed E-state index contributed by atoms with van der Waals surface area (Å²) in [5.41, 5.74) is 1.74. The molecule has 1 fully saturated rings. The van der Waals surface area contributed by atoms with Crippen molar-refractivity contribution in [2.75, 3.05) is 25.2 Å². The number of para-hydroxylation sites is 1. The van der Waals surface area contributed by atoms with E-state index in [-0.39, 0.29) is 24.7 Å². The van der Waals surface area contributed by atoms with Crippen molar-refractivity contribution in [2.24, 2.45) is 11.8 Å². The van der Waals surface area contributed by atoms with Crippen molar-refractivity contribution in [1.29, 1.82) is 0 Å². The van der Waals surface area contributed by atoms with Gasteiger partial charge in [-0.3, -0.25) is 19.3 Å². The van der Waals surface area contributed by atoms with E-state index in [1.54, 1.807) is 62.6 Å². The van der Waals surface area contributed by atoms with Crippen LogP contribution in [0.4, 0.5) is 5.69 Å². The van der Waals surface area contributed by atoms with E-state index in [1.807, 2.05) is 13.8 Å². The molecule has 1 saturated heterocycles. The molecular formula is C27H29N3O6. The maximum Gasteiger partial charge on any atom is 0.295 e. The molecule has 188 valence electrons. The van der Waals surface area contributed by atoms with Crippen molar-refractivity contribution in [2.45, 2.75) is 33.2 Å². The van der Waals surface area contributed by atoms with Gasteiger partial charge in [-0.2, -0.15) is 4.98 Å². The number of carbonyl (C=O) groups is 3. The number of carbonyl (C=O) groups excluding carboxylic acids is 3. The average Bonchev–Trinajstić information content (AvgIpc) is 3.40. The minimum absolute atomic E-state index is 0.0421. The number of Topliss-reactive ketones (excluding diaryl/α,β-unsaturated/α-hetero) is 2. The molecule has 0 spiro atoms. The Morgan fingerprint density at radius 2 is 1.81 bits per heavy atom. The molecule has 2 aromatic carbocycles. The van der Waals surface area contributed by atoms with E-state index in [0.717, 1.165) is 0 Å². The van der Waals surface area contributed by atoms with Crippen molar-refractivity contribution < 1.29 is 28.4 Å². The molecule has 0 N–H and O–H groups in total. The number of nitrogens with zero attached hydrogens (tertiary/aromatic N) is 3. The number of benzene rings is 2. The van der Waals surface area contributed by atoms with Gasteiger partial charge in [0.05, 0.1) is 12.6 Å². The number of ketones is 2. The molecular weight excluding hydrogens is 462 g/mol. The lowest BCUT2D eigenvalue weighted by atomic mass is 9.85. The predicted molar refractivity (Wildman–Crippen MR) is 131 cm³/mol. The second-order valence-electron chi connectivity index (χ2n) is 9.10. The first-order valence-electron chi connectivity index (χ1n) is 11.8. The molecule has 1 aromatic heterocycles. The third kappa shape index (κ3) is 5.06. The molecule has 1 aliphatic rings. The SMILES string of the molecule is COCCOc1ccccc1C1C(C(=O)CC(C)C)C(=O)C(=O)N1c1ccc(-c2nc(C)no2)cc1. The Balaban J connectivity index is 1.78. The molecule has 9 heteroatoms. The normalized spacial score (nSPS) is 17.8. The third-order valence-corrected chi connectivity index (χ3v) is 5.96. The molecule has 1 amide bonds. The molecule has 4 rings (SSSR count). The van der Waals surface area contributed by atoms with Crippen LogP contribution >= 0.6 is 0 Å². The van der Waals surface area contributed by atoms with Gasteiger partial charge in [-0.05, 0) is 43.2 Å². The summed E-state index contributed by atoms with van der Waals surface area (Å²) in [6, 6.07) is 13.2. The molecule has 0 radical (unpaired) electrons. The summed E-state index contributed by atoms with van der Waals surface area (Å²) in [5, 5.41) is 3.80. The monoisotopic (exact) mass is 491 g/mol. The fourth-order valence-corrected chi connectivity index (χ4v) is 4.39. The Morgan fingerprint density at radius 3 is 2.44 bits per heavy atom. The average molecular weight is 492 g/mol. The summed E-state index contributed by atoms with van der Waals surface area (Å²) < 4.78 is 16.2. The highest BCUT2D eigenvalue weighted by Crippen LogP contribution is 2.44. The molecule has 3 aromatic rings. The second-order valence-corrected chi connectivity index (χ2v) is 9.10. The molecule has 0 saturated carbocycles. The Hall–Kier alpha value is -3.85. The van der Waals surface area contributed by atoms with Gasteiger partial charge in [0, 0.05) is 30.3 Å². The summed E-state index contributed by atoms with van der Waals surface area (Å²) in [7, 11) is 1.57. The first kappa shape index (κ1) is 25.2. The molecule has 9 nitrogen and oxygen atoms in total. The standard InChI is InChI=1S/C27H29N3O6/c1-16(2)15-21(31)23-24(20-7-5-6-8-22(20)35-14-13-34-4)30(27(33)25(23)32)19-11-9-18(10-12-19)26-28-17(3)29-36-26/h5-12,16,23-24H,13-15H2,1-4H3. The topological polar surface area (TPSA) is 112 Å². The fourth-order valence-electron chi connectivity index (χ4n) is 4.39. The van der Waals surface area contributed by atoms with E-state index in [1.165, 1.54) is 4.90 Å². The number of hydrogen-bond donors (Lipinski definition) is 0. The number of aromatic nitrogens is 2. The molecule has 36 heavy (non-hydrogen) atoms. The highest BCUT2D eigenvalue weighted by Gasteiger charge is 2.52. The van der Waals surface area contributed by atoms with Crippen LogP contribution < -0.4 is 9.64 Å². The van der Waals surface area contributed by atoms with Gasteiger partial charge in [-0.15, -0.1) is 0 Å². The van der Waals surface area contributed by atoms with Crippen LogP contribution in [-0.2, 0) is 19.1 Å². The lowest BCUT2D eigenvalue weighted by Gasteiger charge is -2.29. The molecule has 2 atom stereocenters. The van der Waals surface area contributed by atoms with Crippen LogP contribution in [0.15, 0.2) is 53.1 Å². The quantitative estimate of drug-likeness (QED) is 0.238. The van der Waals surface area contributed by atoms with E-state index in [4.69, 9.17) is 14.0 Å². The van der Waals surface area contributed by atoms with Crippen LogP contribution in [-0.4, -0.2) is 47.9 Å². The number of methoxy groups -OCH3 is 1. The van der Waals surface area contributed by atoms with Crippen LogP contribution in [0.25, 0.3) is 11.5 Å². The van der Waals surface area contributed by atoms with Gasteiger partial charge in [-0.1, -0.05) is 37.2 Å². The summed E-state index contributed by atoms with van der Waals surface area (Å²) in [5.74, 6) is -1.45. The Kier molecular flexibility index (Phi) is 7.59. The third-order valence-electron chi connectivity index (χ3n) is 5.96.